The largest absolute Gasteiger partial charge is 0.414 e. The summed E-state index contributed by atoms with van der Waals surface area (Å²) < 4.78 is 53.0. The molecule has 1 heterocycles. The maximum Gasteiger partial charge on any atom is 0.192 e. The summed E-state index contributed by atoms with van der Waals surface area (Å²) in [5.41, 5.74) is 0. The normalized spacial score (nSPS) is 23.4. The molecule has 0 saturated carbocycles. The molecule has 1 aliphatic rings. The van der Waals surface area contributed by atoms with E-state index in [9.17, 15) is 13.5 Å². The van der Waals surface area contributed by atoms with Gasteiger partial charge >= 0.3 is 0 Å². The van der Waals surface area contributed by atoms with E-state index in [0.717, 1.165) is 42.7 Å². The van der Waals surface area contributed by atoms with Crippen LogP contribution in [0.15, 0.2) is 47.4 Å². The van der Waals surface area contributed by atoms with Gasteiger partial charge in [-0.15, -0.1) is 0 Å². The second-order valence-corrected chi connectivity index (χ2v) is 25.6. The summed E-state index contributed by atoms with van der Waals surface area (Å²) in [6.07, 6.45) is 3.84. The van der Waals surface area contributed by atoms with Crippen molar-refractivity contribution in [3.8, 4) is 0 Å². The van der Waals surface area contributed by atoms with Gasteiger partial charge in [-0.1, -0.05) is 99.6 Å². The van der Waals surface area contributed by atoms with Gasteiger partial charge in [-0.25, -0.2) is 8.42 Å². The predicted molar refractivity (Wildman–Crippen MR) is 199 cm³/mol. The Morgan fingerprint density at radius 3 is 1.91 bits per heavy atom. The van der Waals surface area contributed by atoms with Crippen molar-refractivity contribution in [3.05, 3.63) is 42.5 Å². The Morgan fingerprint density at radius 1 is 0.894 bits per heavy atom. The first-order valence-corrected chi connectivity index (χ1v) is 25.1. The highest BCUT2D eigenvalue weighted by molar-refractivity contribution is 7.91. The standard InChI is InChI=1S/C37H68O7SSi2/c1-12-46(13-2,14-3)43-34(25-26-45(39,40)32-21-19-18-20-22-32)31(10)37(44-47(15-4,16-5)17-6)28(7)23-24-33(38)30(9)36-29(8)27-35(41-11)42-36/h18-24,28-31,33-38H,12-17,25-27H2,1-11H3/b24-23+/t28-,29+,30-,31+,33+,34-,35-,36+,37-/m0/s1. The monoisotopic (exact) mass is 712 g/mol. The van der Waals surface area contributed by atoms with Crippen LogP contribution in [0.3, 0.4) is 0 Å². The Bertz CT molecular complexity index is 1140. The van der Waals surface area contributed by atoms with E-state index in [1.165, 1.54) is 0 Å². The fourth-order valence-corrected chi connectivity index (χ4v) is 14.7. The number of aliphatic hydroxyl groups is 1. The number of methoxy groups -OCH3 is 1. The number of ether oxygens (including phenoxy) is 2. The van der Waals surface area contributed by atoms with Crippen LogP contribution >= 0.6 is 0 Å². The molecular formula is C37H68O7SSi2. The highest BCUT2D eigenvalue weighted by atomic mass is 32.2. The molecule has 1 aliphatic heterocycles. The lowest BCUT2D eigenvalue weighted by Gasteiger charge is -2.43. The Labute approximate surface area is 290 Å². The molecule has 0 radical (unpaired) electrons. The van der Waals surface area contributed by atoms with Crippen molar-refractivity contribution >= 4 is 26.5 Å². The van der Waals surface area contributed by atoms with Crippen molar-refractivity contribution in [1.29, 1.82) is 0 Å². The van der Waals surface area contributed by atoms with Crippen LogP contribution in [0.1, 0.15) is 82.1 Å². The van der Waals surface area contributed by atoms with Gasteiger partial charge in [0.05, 0.1) is 35.1 Å². The van der Waals surface area contributed by atoms with Crippen molar-refractivity contribution in [2.24, 2.45) is 23.7 Å². The molecule has 7 nitrogen and oxygen atoms in total. The minimum Gasteiger partial charge on any atom is -0.414 e. The first kappa shape index (κ1) is 42.3. The van der Waals surface area contributed by atoms with E-state index in [-0.39, 0.29) is 48.1 Å². The fraction of sp³-hybridized carbons (Fsp3) is 0.784. The quantitative estimate of drug-likeness (QED) is 0.0949. The second kappa shape index (κ2) is 19.5. The van der Waals surface area contributed by atoms with Crippen molar-refractivity contribution in [2.75, 3.05) is 12.9 Å². The van der Waals surface area contributed by atoms with Crippen LogP contribution in [-0.4, -0.2) is 73.7 Å². The minimum atomic E-state index is -3.47. The summed E-state index contributed by atoms with van der Waals surface area (Å²) >= 11 is 0. The Hall–Kier alpha value is -0.856. The lowest BCUT2D eigenvalue weighted by atomic mass is 9.86. The summed E-state index contributed by atoms with van der Waals surface area (Å²) in [5.74, 6) is 0.159. The van der Waals surface area contributed by atoms with Gasteiger partial charge in [0, 0.05) is 25.4 Å². The highest BCUT2D eigenvalue weighted by Gasteiger charge is 2.42. The van der Waals surface area contributed by atoms with E-state index in [1.807, 2.05) is 19.1 Å². The molecular weight excluding hydrogens is 645 g/mol. The topological polar surface area (TPSA) is 91.3 Å². The summed E-state index contributed by atoms with van der Waals surface area (Å²) in [6, 6.07) is 14.8. The maximum atomic E-state index is 13.5. The predicted octanol–water partition coefficient (Wildman–Crippen LogP) is 8.85. The summed E-state index contributed by atoms with van der Waals surface area (Å²) in [5, 5.41) is 11.3. The number of hydrogen-bond acceptors (Lipinski definition) is 7. The van der Waals surface area contributed by atoms with Gasteiger partial charge in [-0.2, -0.15) is 0 Å². The summed E-state index contributed by atoms with van der Waals surface area (Å²) in [6.45, 7) is 22.0. The molecule has 10 heteroatoms. The fourth-order valence-electron chi connectivity index (χ4n) is 7.33. The third-order valence-corrected chi connectivity index (χ3v) is 22.5. The number of hydrogen-bond donors (Lipinski definition) is 1. The van der Waals surface area contributed by atoms with E-state index in [0.29, 0.717) is 17.2 Å². The smallest absolute Gasteiger partial charge is 0.192 e. The zero-order valence-corrected chi connectivity index (χ0v) is 34.2. The van der Waals surface area contributed by atoms with Crippen LogP contribution in [-0.2, 0) is 28.2 Å². The first-order valence-electron chi connectivity index (χ1n) is 18.4. The molecule has 0 amide bonds. The molecule has 0 unspecified atom stereocenters. The molecule has 0 aliphatic carbocycles. The van der Waals surface area contributed by atoms with Gasteiger partial charge < -0.3 is 23.4 Å². The minimum absolute atomic E-state index is 0.0187. The van der Waals surface area contributed by atoms with Crippen molar-refractivity contribution in [3.63, 3.8) is 0 Å². The Kier molecular flexibility index (Phi) is 17.6. The molecule has 1 N–H and O–H groups in total. The third-order valence-electron chi connectivity index (χ3n) is 11.4. The van der Waals surface area contributed by atoms with Gasteiger partial charge in [0.2, 0.25) is 0 Å². The van der Waals surface area contributed by atoms with Gasteiger partial charge in [-0.05, 0) is 66.7 Å². The molecule has 0 bridgehead atoms. The average molecular weight is 713 g/mol. The summed E-state index contributed by atoms with van der Waals surface area (Å²) in [4.78, 5) is 0.357. The van der Waals surface area contributed by atoms with Crippen molar-refractivity contribution in [1.82, 2.24) is 0 Å². The van der Waals surface area contributed by atoms with E-state index < -0.39 is 32.6 Å². The SMILES string of the molecule is CC[Si](CC)(CC)O[C@H]([C@H](C)[C@H](CCS(=O)(=O)c1ccccc1)O[Si](CC)(CC)CC)[C@@H](C)/C=C/[C@@H](O)[C@H](C)[C@@H]1O[C@H](OC)C[C@H]1C. The molecule has 1 saturated heterocycles. The summed E-state index contributed by atoms with van der Waals surface area (Å²) in [7, 11) is -5.96. The van der Waals surface area contributed by atoms with E-state index in [4.69, 9.17) is 18.3 Å². The maximum absolute atomic E-state index is 13.5. The van der Waals surface area contributed by atoms with Crippen LogP contribution in [0.2, 0.25) is 36.3 Å². The number of rotatable bonds is 22. The first-order chi connectivity index (χ1) is 22.2. The molecule has 0 spiro atoms. The molecule has 47 heavy (non-hydrogen) atoms. The van der Waals surface area contributed by atoms with E-state index in [2.05, 4.69) is 68.4 Å². The van der Waals surface area contributed by atoms with E-state index >= 15 is 0 Å². The van der Waals surface area contributed by atoms with Gasteiger partial charge in [0.15, 0.2) is 32.8 Å². The second-order valence-electron chi connectivity index (χ2n) is 14.1. The zero-order valence-electron chi connectivity index (χ0n) is 31.4. The molecule has 2 rings (SSSR count). The van der Waals surface area contributed by atoms with Crippen LogP contribution in [0.4, 0.5) is 0 Å². The van der Waals surface area contributed by atoms with Gasteiger partial charge in [0.25, 0.3) is 0 Å². The number of aliphatic hydroxyl groups excluding tert-OH is 1. The molecule has 0 aromatic heterocycles. The van der Waals surface area contributed by atoms with Crippen LogP contribution in [0, 0.1) is 23.7 Å². The molecule has 1 aromatic carbocycles. The average Bonchev–Trinajstić information content (AvgIpc) is 3.48. The van der Waals surface area contributed by atoms with Crippen LogP contribution in [0.5, 0.6) is 0 Å². The highest BCUT2D eigenvalue weighted by Crippen LogP contribution is 2.37. The van der Waals surface area contributed by atoms with E-state index in [1.54, 1.807) is 31.4 Å². The molecule has 272 valence electrons. The Morgan fingerprint density at radius 2 is 1.43 bits per heavy atom. The van der Waals surface area contributed by atoms with Crippen molar-refractivity contribution in [2.45, 2.75) is 154 Å². The number of sulfone groups is 1. The van der Waals surface area contributed by atoms with Gasteiger partial charge in [-0.3, -0.25) is 0 Å². The number of benzene rings is 1. The van der Waals surface area contributed by atoms with Crippen molar-refractivity contribution < 1.29 is 31.9 Å². The molecule has 1 fully saturated rings. The Balaban J connectivity index is 2.46. The van der Waals surface area contributed by atoms with Crippen LogP contribution < -0.4 is 0 Å². The lowest BCUT2D eigenvalue weighted by molar-refractivity contribution is -0.134. The van der Waals surface area contributed by atoms with Crippen LogP contribution in [0.25, 0.3) is 0 Å². The lowest BCUT2D eigenvalue weighted by Crippen LogP contribution is -2.50. The zero-order chi connectivity index (χ0) is 35.4. The van der Waals surface area contributed by atoms with Gasteiger partial charge in [0.1, 0.15) is 0 Å². The third kappa shape index (κ3) is 11.3. The molecule has 9 atom stereocenters. The molecule has 1 aromatic rings.